The summed E-state index contributed by atoms with van der Waals surface area (Å²) in [5, 5.41) is 2.48. The fourth-order valence-electron chi connectivity index (χ4n) is 2.11. The minimum absolute atomic E-state index is 0.0808. The van der Waals surface area contributed by atoms with Crippen LogP contribution in [0.5, 0.6) is 0 Å². The molecule has 0 aliphatic rings. The van der Waals surface area contributed by atoms with Gasteiger partial charge in [0.25, 0.3) is 0 Å². The summed E-state index contributed by atoms with van der Waals surface area (Å²) < 4.78 is 42.9. The average molecular weight is 363 g/mol. The number of rotatable bonds is 6. The predicted octanol–water partition coefficient (Wildman–Crippen LogP) is 4.46. The molecule has 0 unspecified atom stereocenters. The van der Waals surface area contributed by atoms with E-state index in [2.05, 4.69) is 5.32 Å². The second kappa shape index (κ2) is 8.84. The van der Waals surface area contributed by atoms with Gasteiger partial charge >= 0.3 is 12.3 Å². The highest BCUT2D eigenvalue weighted by Gasteiger charge is 2.30. The fourth-order valence-corrected chi connectivity index (χ4v) is 2.11. The summed E-state index contributed by atoms with van der Waals surface area (Å²) in [4.78, 5) is 22.5. The lowest BCUT2D eigenvalue weighted by molar-refractivity contribution is -0.137. The number of ether oxygens (including phenoxy) is 1. The minimum atomic E-state index is -4.51. The number of alkyl carbamates (subject to hydrolysis) is 1. The van der Waals surface area contributed by atoms with Crippen molar-refractivity contribution >= 4 is 18.5 Å². The number of nitrogens with one attached hydrogen (secondary N) is 1. The maximum Gasteiger partial charge on any atom is 0.416 e. The third-order valence-corrected chi connectivity index (χ3v) is 3.42. The predicted molar refractivity (Wildman–Crippen MR) is 90.5 cm³/mol. The van der Waals surface area contributed by atoms with Crippen molar-refractivity contribution in [3.63, 3.8) is 0 Å². The number of halogens is 3. The van der Waals surface area contributed by atoms with Crippen LogP contribution in [0.15, 0.2) is 54.6 Å². The summed E-state index contributed by atoms with van der Waals surface area (Å²) in [6.07, 6.45) is -1.80. The highest BCUT2D eigenvalue weighted by atomic mass is 19.4. The lowest BCUT2D eigenvalue weighted by atomic mass is 10.0. The molecule has 7 heteroatoms. The highest BCUT2D eigenvalue weighted by molar-refractivity contribution is 5.82. The van der Waals surface area contributed by atoms with E-state index < -0.39 is 17.8 Å². The Labute approximate surface area is 148 Å². The van der Waals surface area contributed by atoms with E-state index in [1.165, 1.54) is 18.2 Å². The Morgan fingerprint density at radius 3 is 2.46 bits per heavy atom. The number of hydrogen-bond acceptors (Lipinski definition) is 3. The molecule has 2 aromatic carbocycles. The Hall–Kier alpha value is -3.09. The molecular formula is C19H16F3NO3. The third-order valence-electron chi connectivity index (χ3n) is 3.42. The number of amides is 1. The Morgan fingerprint density at radius 1 is 1.08 bits per heavy atom. The SMILES string of the molecule is O=Cc1cc(C(F)(F)F)ccc1C=CCNC(=O)OCc1ccccc1. The summed E-state index contributed by atoms with van der Waals surface area (Å²) in [5.74, 6) is 0. The highest BCUT2D eigenvalue weighted by Crippen LogP contribution is 2.30. The smallest absolute Gasteiger partial charge is 0.416 e. The molecule has 0 saturated heterocycles. The van der Waals surface area contributed by atoms with Crippen molar-refractivity contribution in [3.8, 4) is 0 Å². The van der Waals surface area contributed by atoms with Crippen LogP contribution >= 0.6 is 0 Å². The van der Waals surface area contributed by atoms with Crippen LogP contribution in [0.4, 0.5) is 18.0 Å². The van der Waals surface area contributed by atoms with Crippen molar-refractivity contribution in [2.45, 2.75) is 12.8 Å². The summed E-state index contributed by atoms with van der Waals surface area (Å²) in [7, 11) is 0. The Bertz CT molecular complexity index is 786. The van der Waals surface area contributed by atoms with Gasteiger partial charge in [-0.2, -0.15) is 13.2 Å². The van der Waals surface area contributed by atoms with Crippen LogP contribution in [0.1, 0.15) is 27.0 Å². The molecular weight excluding hydrogens is 347 g/mol. The van der Waals surface area contributed by atoms with E-state index in [9.17, 15) is 22.8 Å². The molecule has 0 saturated carbocycles. The molecule has 26 heavy (non-hydrogen) atoms. The van der Waals surface area contributed by atoms with Gasteiger partial charge in [0.2, 0.25) is 0 Å². The average Bonchev–Trinajstić information content (AvgIpc) is 2.63. The first-order chi connectivity index (χ1) is 12.4. The van der Waals surface area contributed by atoms with Crippen molar-refractivity contribution in [1.29, 1.82) is 0 Å². The molecule has 1 N–H and O–H groups in total. The summed E-state index contributed by atoms with van der Waals surface area (Å²) in [6, 6.07) is 12.0. The van der Waals surface area contributed by atoms with E-state index in [1.807, 2.05) is 30.3 Å². The maximum atomic E-state index is 12.6. The zero-order valence-electron chi connectivity index (χ0n) is 13.6. The molecule has 0 atom stereocenters. The molecule has 0 bridgehead atoms. The van der Waals surface area contributed by atoms with Gasteiger partial charge in [0.15, 0.2) is 6.29 Å². The fraction of sp³-hybridized carbons (Fsp3) is 0.158. The number of benzene rings is 2. The Balaban J connectivity index is 1.86. The van der Waals surface area contributed by atoms with Gasteiger partial charge in [-0.3, -0.25) is 4.79 Å². The van der Waals surface area contributed by atoms with Crippen molar-refractivity contribution in [3.05, 3.63) is 76.9 Å². The van der Waals surface area contributed by atoms with Gasteiger partial charge in [0.1, 0.15) is 6.61 Å². The van der Waals surface area contributed by atoms with E-state index >= 15 is 0 Å². The number of aldehydes is 1. The molecule has 0 aliphatic carbocycles. The van der Waals surface area contributed by atoms with E-state index in [4.69, 9.17) is 4.74 Å². The van der Waals surface area contributed by atoms with Gasteiger partial charge in [0, 0.05) is 12.1 Å². The molecule has 4 nitrogen and oxygen atoms in total. The van der Waals surface area contributed by atoms with Crippen LogP contribution in [-0.4, -0.2) is 18.9 Å². The number of carbonyl (C=O) groups excluding carboxylic acids is 2. The minimum Gasteiger partial charge on any atom is -0.445 e. The number of alkyl halides is 3. The van der Waals surface area contributed by atoms with E-state index in [0.717, 1.165) is 17.7 Å². The van der Waals surface area contributed by atoms with Gasteiger partial charge in [-0.15, -0.1) is 0 Å². The molecule has 1 amide bonds. The van der Waals surface area contributed by atoms with E-state index in [0.29, 0.717) is 11.8 Å². The van der Waals surface area contributed by atoms with Gasteiger partial charge < -0.3 is 10.1 Å². The molecule has 136 valence electrons. The van der Waals surface area contributed by atoms with Crippen molar-refractivity contribution < 1.29 is 27.5 Å². The van der Waals surface area contributed by atoms with Crippen molar-refractivity contribution in [1.82, 2.24) is 5.32 Å². The van der Waals surface area contributed by atoms with Crippen LogP contribution in [-0.2, 0) is 17.5 Å². The lowest BCUT2D eigenvalue weighted by Crippen LogP contribution is -2.24. The van der Waals surface area contributed by atoms with Crippen LogP contribution < -0.4 is 5.32 Å². The number of hydrogen-bond donors (Lipinski definition) is 1. The van der Waals surface area contributed by atoms with Gasteiger partial charge in [0.05, 0.1) is 5.56 Å². The van der Waals surface area contributed by atoms with E-state index in [-0.39, 0.29) is 18.7 Å². The van der Waals surface area contributed by atoms with Gasteiger partial charge in [-0.05, 0) is 23.3 Å². The van der Waals surface area contributed by atoms with Crippen LogP contribution in [0.25, 0.3) is 6.08 Å². The van der Waals surface area contributed by atoms with Crippen molar-refractivity contribution in [2.75, 3.05) is 6.54 Å². The molecule has 0 aromatic heterocycles. The maximum absolute atomic E-state index is 12.6. The zero-order chi connectivity index (χ0) is 19.0. The largest absolute Gasteiger partial charge is 0.445 e. The second-order valence-corrected chi connectivity index (χ2v) is 5.30. The monoisotopic (exact) mass is 363 g/mol. The van der Waals surface area contributed by atoms with Crippen LogP contribution in [0, 0.1) is 0 Å². The molecule has 0 spiro atoms. The molecule has 0 aliphatic heterocycles. The Kier molecular flexibility index (Phi) is 6.54. The Morgan fingerprint density at radius 2 is 1.81 bits per heavy atom. The van der Waals surface area contributed by atoms with Gasteiger partial charge in [-0.25, -0.2) is 4.79 Å². The molecule has 0 radical (unpaired) electrons. The normalized spacial score (nSPS) is 11.3. The first-order valence-electron chi connectivity index (χ1n) is 7.67. The first kappa shape index (κ1) is 19.2. The summed E-state index contributed by atoms with van der Waals surface area (Å²) in [5.41, 5.74) is 0.202. The summed E-state index contributed by atoms with van der Waals surface area (Å²) >= 11 is 0. The third kappa shape index (κ3) is 5.77. The second-order valence-electron chi connectivity index (χ2n) is 5.30. The molecule has 0 heterocycles. The molecule has 2 rings (SSSR count). The standard InChI is InChI=1S/C19H16F3NO3/c20-19(21,22)17-9-8-15(16(11-17)12-24)7-4-10-23-18(25)26-13-14-5-2-1-3-6-14/h1-9,11-12H,10,13H2,(H,23,25). The van der Waals surface area contributed by atoms with Crippen LogP contribution in [0.3, 0.4) is 0 Å². The summed E-state index contributed by atoms with van der Waals surface area (Å²) in [6.45, 7) is 0.234. The molecule has 2 aromatic rings. The number of carbonyl (C=O) groups is 2. The zero-order valence-corrected chi connectivity index (χ0v) is 13.6. The van der Waals surface area contributed by atoms with E-state index in [1.54, 1.807) is 0 Å². The lowest BCUT2D eigenvalue weighted by Gasteiger charge is -2.08. The molecule has 0 fully saturated rings. The van der Waals surface area contributed by atoms with Gasteiger partial charge in [-0.1, -0.05) is 48.6 Å². The topological polar surface area (TPSA) is 55.4 Å². The van der Waals surface area contributed by atoms with Crippen LogP contribution in [0.2, 0.25) is 0 Å². The van der Waals surface area contributed by atoms with Crippen molar-refractivity contribution in [2.24, 2.45) is 0 Å². The quantitative estimate of drug-likeness (QED) is 0.771. The first-order valence-corrected chi connectivity index (χ1v) is 7.67.